The van der Waals surface area contributed by atoms with E-state index in [0.29, 0.717) is 0 Å². The van der Waals surface area contributed by atoms with Gasteiger partial charge in [-0.05, 0) is 277 Å². The highest BCUT2D eigenvalue weighted by atomic mass is 16.5. The molecule has 0 saturated heterocycles. The maximum atomic E-state index is 6.26. The van der Waals surface area contributed by atoms with Gasteiger partial charge in [0.25, 0.3) is 0 Å². The number of hydrogen-bond acceptors (Lipinski definition) is 5. The van der Waals surface area contributed by atoms with Crippen molar-refractivity contribution in [1.82, 2.24) is 0 Å². The van der Waals surface area contributed by atoms with E-state index in [1.165, 1.54) is 278 Å². The van der Waals surface area contributed by atoms with Crippen molar-refractivity contribution < 1.29 is 22.4 Å². The van der Waals surface area contributed by atoms with Crippen LogP contribution in [0.25, 0.3) is 87.8 Å². The minimum absolute atomic E-state index is 0.798. The Labute approximate surface area is 577 Å². The molecule has 4 heterocycles. The fourth-order valence-corrected chi connectivity index (χ4v) is 14.1. The van der Waals surface area contributed by atoms with Crippen LogP contribution in [0.15, 0.2) is 127 Å². The van der Waals surface area contributed by atoms with E-state index in [4.69, 9.17) is 22.4 Å². The first-order chi connectivity index (χ1) is 46.6. The lowest BCUT2D eigenvalue weighted by atomic mass is 9.96. The molecule has 0 N–H and O–H groups in total. The van der Waals surface area contributed by atoms with Gasteiger partial charge in [0.05, 0.1) is 6.61 Å². The van der Waals surface area contributed by atoms with E-state index < -0.39 is 0 Å². The molecule has 0 atom stereocenters. The lowest BCUT2D eigenvalue weighted by Gasteiger charge is -2.09. The predicted octanol–water partition coefficient (Wildman–Crippen LogP) is 29.1. The second-order valence-corrected chi connectivity index (χ2v) is 28.6. The van der Waals surface area contributed by atoms with E-state index in [-0.39, 0.29) is 0 Å². The lowest BCUT2D eigenvalue weighted by Crippen LogP contribution is -1.98. The van der Waals surface area contributed by atoms with Gasteiger partial charge in [0, 0.05) is 43.1 Å². The molecular weight excluding hydrogens is 1170 g/mol. The Morgan fingerprint density at radius 2 is 0.490 bits per heavy atom. The van der Waals surface area contributed by atoms with Gasteiger partial charge in [-0.1, -0.05) is 181 Å². The molecule has 0 radical (unpaired) electrons. The summed E-state index contributed by atoms with van der Waals surface area (Å²) in [6.45, 7) is 31.6. The van der Waals surface area contributed by atoms with Crippen molar-refractivity contribution in [3.8, 4) is 5.75 Å². The van der Waals surface area contributed by atoms with Crippen LogP contribution in [-0.4, -0.2) is 6.61 Å². The van der Waals surface area contributed by atoms with Crippen LogP contribution in [0.3, 0.4) is 0 Å². The first-order valence-corrected chi connectivity index (χ1v) is 38.0. The van der Waals surface area contributed by atoms with Gasteiger partial charge in [0.1, 0.15) is 50.4 Å². The Hall–Kier alpha value is -7.24. The van der Waals surface area contributed by atoms with E-state index >= 15 is 0 Å². The molecule has 0 spiro atoms. The largest absolute Gasteiger partial charge is 0.493 e. The Morgan fingerprint density at radius 1 is 0.229 bits per heavy atom. The zero-order valence-electron chi connectivity index (χ0n) is 61.9. The average molecular weight is 1290 g/mol. The molecule has 0 aliphatic carbocycles. The third-order valence-electron chi connectivity index (χ3n) is 20.4. The summed E-state index contributed by atoms with van der Waals surface area (Å²) in [5, 5.41) is 9.96. The van der Waals surface area contributed by atoms with Crippen LogP contribution in [0.5, 0.6) is 5.75 Å². The van der Waals surface area contributed by atoms with E-state index in [0.717, 1.165) is 74.4 Å². The molecule has 0 bridgehead atoms. The van der Waals surface area contributed by atoms with Gasteiger partial charge in [-0.25, -0.2) is 0 Å². The number of unbranched alkanes of at least 4 members (excludes halogenated alkanes) is 19. The second kappa shape index (κ2) is 36.4. The molecule has 5 heteroatoms. The monoisotopic (exact) mass is 1290 g/mol. The number of benzene rings is 8. The second-order valence-electron chi connectivity index (χ2n) is 28.6. The molecule has 0 saturated carbocycles. The summed E-state index contributed by atoms with van der Waals surface area (Å²) in [7, 11) is 0. The first kappa shape index (κ1) is 73.0. The van der Waals surface area contributed by atoms with Gasteiger partial charge < -0.3 is 22.4 Å². The summed E-state index contributed by atoms with van der Waals surface area (Å²) in [6, 6.07) is 39.9. The summed E-state index contributed by atoms with van der Waals surface area (Å²) in [5.41, 5.74) is 25.7. The molecule has 0 aliphatic heterocycles. The van der Waals surface area contributed by atoms with Gasteiger partial charge in [0.15, 0.2) is 0 Å². The van der Waals surface area contributed by atoms with Crippen molar-refractivity contribution in [3.05, 3.63) is 182 Å². The summed E-state index contributed by atoms with van der Waals surface area (Å²) in [5.74, 6) is 0.988. The van der Waals surface area contributed by atoms with Gasteiger partial charge in [-0.2, -0.15) is 0 Å². The highest BCUT2D eigenvalue weighted by Gasteiger charge is 2.17. The number of rotatable bonds is 30. The van der Waals surface area contributed by atoms with Crippen LogP contribution in [0.2, 0.25) is 0 Å². The third-order valence-corrected chi connectivity index (χ3v) is 20.4. The maximum absolute atomic E-state index is 6.26. The normalized spacial score (nSPS) is 11.6. The van der Waals surface area contributed by atoms with Gasteiger partial charge in [-0.15, -0.1) is 0 Å². The maximum Gasteiger partial charge on any atom is 0.135 e. The van der Waals surface area contributed by atoms with Crippen LogP contribution in [0, 0.1) is 62.3 Å². The molecule has 0 fully saturated rings. The smallest absolute Gasteiger partial charge is 0.135 e. The van der Waals surface area contributed by atoms with Gasteiger partial charge in [0.2, 0.25) is 0 Å². The number of ether oxygens (including phenoxy) is 1. The molecule has 0 amide bonds. The van der Waals surface area contributed by atoms with Crippen molar-refractivity contribution in [1.29, 1.82) is 0 Å². The summed E-state index contributed by atoms with van der Waals surface area (Å²) < 4.78 is 30.4. The van der Waals surface area contributed by atoms with Gasteiger partial charge >= 0.3 is 0 Å². The van der Waals surface area contributed by atoms with Crippen molar-refractivity contribution in [2.75, 3.05) is 6.61 Å². The molecular formula is C91H118O5. The Morgan fingerprint density at radius 3 is 0.854 bits per heavy atom. The summed E-state index contributed by atoms with van der Waals surface area (Å²) in [4.78, 5) is 0. The van der Waals surface area contributed by atoms with E-state index in [9.17, 15) is 0 Å². The first-order valence-electron chi connectivity index (χ1n) is 38.0. The minimum Gasteiger partial charge on any atom is -0.493 e. The van der Waals surface area contributed by atoms with E-state index in [1.54, 1.807) is 0 Å². The van der Waals surface area contributed by atoms with E-state index in [2.05, 4.69) is 206 Å². The number of aryl methyl sites for hydroxylation is 13. The molecule has 4 aromatic heterocycles. The molecule has 0 unspecified atom stereocenters. The Kier molecular flexibility index (Phi) is 27.7. The number of fused-ring (bicyclic) bond motifs is 12. The van der Waals surface area contributed by atoms with Crippen molar-refractivity contribution in [2.24, 2.45) is 0 Å². The Bertz CT molecular complexity index is 4230. The average Bonchev–Trinajstić information content (AvgIpc) is 1.66. The highest BCUT2D eigenvalue weighted by Crippen LogP contribution is 2.38. The van der Waals surface area contributed by atoms with Crippen LogP contribution in [0.1, 0.15) is 261 Å². The number of hydrogen-bond donors (Lipinski definition) is 0. The summed E-state index contributed by atoms with van der Waals surface area (Å²) >= 11 is 0. The molecule has 5 nitrogen and oxygen atoms in total. The summed E-state index contributed by atoms with van der Waals surface area (Å²) in [6.07, 6.45) is 36.4. The molecule has 0 aliphatic rings. The third kappa shape index (κ3) is 19.3. The number of furan rings is 4. The zero-order valence-corrected chi connectivity index (χ0v) is 61.9. The van der Waals surface area contributed by atoms with Crippen molar-refractivity contribution in [2.45, 2.75) is 277 Å². The van der Waals surface area contributed by atoms with Crippen LogP contribution >= 0.6 is 0 Å². The topological polar surface area (TPSA) is 61.8 Å². The minimum atomic E-state index is 0.798. The molecule has 12 rings (SSSR count). The molecule has 96 heavy (non-hydrogen) atoms. The molecule has 512 valence electrons. The Balaban J connectivity index is 0.000000154. The van der Waals surface area contributed by atoms with Crippen LogP contribution in [0.4, 0.5) is 0 Å². The standard InChI is InChI=1S/C30H44O.C24H32O.C23H30O2.C14H12O/c1-5-7-9-11-13-15-17-25-21-27-28-22-26(18-16-14-12-10-8-6-2)24(4)20-30(28)31-29(27)19-23(25)3;1-5-7-9-11-19-15-21-22-16-20(12-10-8-6-2)18(4)14-24(22)25-23(21)13-17(19)3;1-5-6-7-8-9-10-11-24-21-15-20-19-12-16(2)17(3)13-22(19)25-23(20)14-18(21)4;1-9-3-5-11-12-6-4-10(2)8-14(12)15-13(11)7-9/h19-22H,5-18H2,1-4H3;13-16H,5-12H2,1-4H3;12-15H,5-11H2,1-4H3;3-8H,1-2H3. The molecule has 12 aromatic rings. The zero-order chi connectivity index (χ0) is 68.1. The van der Waals surface area contributed by atoms with Crippen molar-refractivity contribution >= 4 is 87.8 Å². The lowest BCUT2D eigenvalue weighted by molar-refractivity contribution is 0.303. The fourth-order valence-electron chi connectivity index (χ4n) is 14.1. The van der Waals surface area contributed by atoms with Crippen LogP contribution < -0.4 is 4.74 Å². The fraction of sp³-hybridized carbons (Fsp3) is 0.473. The van der Waals surface area contributed by atoms with Crippen molar-refractivity contribution in [3.63, 3.8) is 0 Å². The molecule has 8 aromatic carbocycles. The quantitative estimate of drug-likeness (QED) is 0.0420. The SMILES string of the molecule is CCCCCCCCOc1cc2c(cc1C)oc1cc(C)c(C)cc12.CCCCCCCCc1cc2c(cc1C)oc1cc(C)c(CCCCCCCC)cc12.CCCCCc1cc2c(cc1C)oc1cc(C)c(CCCCC)cc12.Cc1ccc2c(c1)oc1cc(C)ccc12. The van der Waals surface area contributed by atoms with Gasteiger partial charge in [-0.3, -0.25) is 0 Å². The predicted molar refractivity (Wildman–Crippen MR) is 417 cm³/mol. The van der Waals surface area contributed by atoms with E-state index in [1.807, 2.05) is 0 Å². The van der Waals surface area contributed by atoms with Crippen LogP contribution in [-0.2, 0) is 25.7 Å². The highest BCUT2D eigenvalue weighted by molar-refractivity contribution is 6.08.